The zero-order chi connectivity index (χ0) is 14.3. The van der Waals surface area contributed by atoms with Gasteiger partial charge < -0.3 is 15.0 Å². The summed E-state index contributed by atoms with van der Waals surface area (Å²) in [4.78, 5) is 0. The van der Waals surface area contributed by atoms with Gasteiger partial charge in [-0.05, 0) is 18.9 Å². The molecule has 0 aliphatic carbocycles. The van der Waals surface area contributed by atoms with Crippen LogP contribution >= 0.6 is 0 Å². The first-order valence-corrected chi connectivity index (χ1v) is 6.33. The van der Waals surface area contributed by atoms with E-state index in [0.29, 0.717) is 5.56 Å². The molecule has 0 amide bonds. The molecule has 1 aliphatic rings. The molecule has 1 aromatic carbocycles. The molecule has 0 bridgehead atoms. The molecular weight excluding hydrogens is 269 g/mol. The lowest BCUT2D eigenvalue weighted by Gasteiger charge is -2.15. The van der Waals surface area contributed by atoms with Gasteiger partial charge in [-0.15, -0.1) is 0 Å². The monoisotopic (exact) mass is 282 g/mol. The SMILES string of the molecule is OC(Nc1cc(F)c(F)c(F)c1)c1ccn2c1CCC2. The van der Waals surface area contributed by atoms with Crippen LogP contribution in [0, 0.1) is 17.5 Å². The molecule has 0 saturated carbocycles. The quantitative estimate of drug-likeness (QED) is 0.671. The molecule has 0 saturated heterocycles. The summed E-state index contributed by atoms with van der Waals surface area (Å²) in [5.41, 5.74) is 1.67. The minimum absolute atomic E-state index is 0.00755. The van der Waals surface area contributed by atoms with E-state index in [4.69, 9.17) is 0 Å². The molecular formula is C14H13F3N2O. The largest absolute Gasteiger partial charge is 0.369 e. The lowest BCUT2D eigenvalue weighted by atomic mass is 10.1. The van der Waals surface area contributed by atoms with E-state index < -0.39 is 23.7 Å². The highest BCUT2D eigenvalue weighted by molar-refractivity contribution is 5.46. The molecule has 3 rings (SSSR count). The third-order valence-corrected chi connectivity index (χ3v) is 3.51. The van der Waals surface area contributed by atoms with Crippen molar-refractivity contribution in [2.75, 3.05) is 5.32 Å². The number of fused-ring (bicyclic) bond motifs is 1. The highest BCUT2D eigenvalue weighted by Crippen LogP contribution is 2.27. The van der Waals surface area contributed by atoms with Crippen molar-refractivity contribution >= 4 is 5.69 Å². The highest BCUT2D eigenvalue weighted by Gasteiger charge is 2.20. The number of halogens is 3. The fourth-order valence-electron chi connectivity index (χ4n) is 2.56. The maximum atomic E-state index is 13.1. The van der Waals surface area contributed by atoms with Gasteiger partial charge in [-0.1, -0.05) is 0 Å². The van der Waals surface area contributed by atoms with Gasteiger partial charge in [0.25, 0.3) is 0 Å². The van der Waals surface area contributed by atoms with Gasteiger partial charge in [0.05, 0.1) is 0 Å². The smallest absolute Gasteiger partial charge is 0.194 e. The van der Waals surface area contributed by atoms with Crippen molar-refractivity contribution in [3.8, 4) is 0 Å². The molecule has 3 nitrogen and oxygen atoms in total. The van der Waals surface area contributed by atoms with E-state index >= 15 is 0 Å². The van der Waals surface area contributed by atoms with Gasteiger partial charge in [-0.2, -0.15) is 0 Å². The van der Waals surface area contributed by atoms with E-state index in [2.05, 4.69) is 5.32 Å². The summed E-state index contributed by atoms with van der Waals surface area (Å²) in [6.45, 7) is 0.905. The summed E-state index contributed by atoms with van der Waals surface area (Å²) < 4.78 is 41.1. The third kappa shape index (κ3) is 2.16. The molecule has 0 spiro atoms. The van der Waals surface area contributed by atoms with Gasteiger partial charge >= 0.3 is 0 Å². The Balaban J connectivity index is 1.84. The summed E-state index contributed by atoms with van der Waals surface area (Å²) in [5, 5.41) is 12.7. The second-order valence-corrected chi connectivity index (χ2v) is 4.82. The minimum Gasteiger partial charge on any atom is -0.369 e. The van der Waals surface area contributed by atoms with Gasteiger partial charge in [0.2, 0.25) is 0 Å². The first kappa shape index (κ1) is 13.1. The van der Waals surface area contributed by atoms with Gasteiger partial charge in [0, 0.05) is 41.8 Å². The van der Waals surface area contributed by atoms with Crippen molar-refractivity contribution < 1.29 is 18.3 Å². The van der Waals surface area contributed by atoms with E-state index in [1.165, 1.54) is 0 Å². The van der Waals surface area contributed by atoms with E-state index in [-0.39, 0.29) is 5.69 Å². The van der Waals surface area contributed by atoms with Crippen molar-refractivity contribution in [1.29, 1.82) is 0 Å². The number of nitrogens with zero attached hydrogens (tertiary/aromatic N) is 1. The van der Waals surface area contributed by atoms with Crippen molar-refractivity contribution in [1.82, 2.24) is 4.57 Å². The number of rotatable bonds is 3. The highest BCUT2D eigenvalue weighted by atomic mass is 19.2. The molecule has 20 heavy (non-hydrogen) atoms. The predicted octanol–water partition coefficient (Wildman–Crippen LogP) is 2.95. The number of hydrogen-bond acceptors (Lipinski definition) is 2. The summed E-state index contributed by atoms with van der Waals surface area (Å²) in [5.74, 6) is -4.10. The fraction of sp³-hybridized carbons (Fsp3) is 0.286. The Morgan fingerprint density at radius 3 is 2.60 bits per heavy atom. The van der Waals surface area contributed by atoms with Crippen LogP contribution in [0.4, 0.5) is 18.9 Å². The average Bonchev–Trinajstić information content (AvgIpc) is 2.97. The minimum atomic E-state index is -1.52. The van der Waals surface area contributed by atoms with Crippen LogP contribution in [-0.2, 0) is 13.0 Å². The summed E-state index contributed by atoms with van der Waals surface area (Å²) in [6, 6.07) is 3.40. The number of aryl methyl sites for hydroxylation is 1. The van der Waals surface area contributed by atoms with Crippen LogP contribution in [0.5, 0.6) is 0 Å². The van der Waals surface area contributed by atoms with Crippen LogP contribution in [0.25, 0.3) is 0 Å². The first-order chi connectivity index (χ1) is 9.56. The predicted molar refractivity (Wildman–Crippen MR) is 67.7 cm³/mol. The van der Waals surface area contributed by atoms with Crippen LogP contribution < -0.4 is 5.32 Å². The van der Waals surface area contributed by atoms with Crippen LogP contribution in [0.1, 0.15) is 23.9 Å². The van der Waals surface area contributed by atoms with Gasteiger partial charge in [0.15, 0.2) is 23.7 Å². The van der Waals surface area contributed by atoms with Gasteiger partial charge in [-0.25, -0.2) is 13.2 Å². The molecule has 0 fully saturated rings. The number of hydrogen-bond donors (Lipinski definition) is 2. The lowest BCUT2D eigenvalue weighted by Crippen LogP contribution is -2.11. The molecule has 1 atom stereocenters. The van der Waals surface area contributed by atoms with Crippen molar-refractivity contribution in [2.45, 2.75) is 25.6 Å². The second kappa shape index (κ2) is 4.86. The van der Waals surface area contributed by atoms with Crippen LogP contribution in [0.15, 0.2) is 24.4 Å². The Morgan fingerprint density at radius 2 is 1.90 bits per heavy atom. The number of aromatic nitrogens is 1. The van der Waals surface area contributed by atoms with E-state index in [1.54, 1.807) is 6.07 Å². The lowest BCUT2D eigenvalue weighted by molar-refractivity contribution is 0.207. The summed E-state index contributed by atoms with van der Waals surface area (Å²) in [6.07, 6.45) is 2.64. The zero-order valence-electron chi connectivity index (χ0n) is 10.5. The number of benzene rings is 1. The second-order valence-electron chi connectivity index (χ2n) is 4.82. The molecule has 2 N–H and O–H groups in total. The zero-order valence-corrected chi connectivity index (χ0v) is 10.5. The van der Waals surface area contributed by atoms with Crippen LogP contribution in [0.2, 0.25) is 0 Å². The standard InChI is InChI=1S/C14H13F3N2O/c15-10-6-8(7-11(16)13(10)17)18-14(20)9-3-5-19-4-1-2-12(9)19/h3,5-7,14,18,20H,1-2,4H2. The Hall–Kier alpha value is -1.95. The van der Waals surface area contributed by atoms with Crippen LogP contribution in [-0.4, -0.2) is 9.67 Å². The van der Waals surface area contributed by atoms with Crippen molar-refractivity contribution in [3.63, 3.8) is 0 Å². The molecule has 6 heteroatoms. The fourth-order valence-corrected chi connectivity index (χ4v) is 2.56. The van der Waals surface area contributed by atoms with Crippen molar-refractivity contribution in [3.05, 3.63) is 53.1 Å². The molecule has 1 unspecified atom stereocenters. The summed E-state index contributed by atoms with van der Waals surface area (Å²) >= 11 is 0. The Kier molecular flexibility index (Phi) is 3.17. The average molecular weight is 282 g/mol. The Labute approximate surface area is 113 Å². The molecule has 1 aromatic heterocycles. The van der Waals surface area contributed by atoms with Gasteiger partial charge in [0.1, 0.15) is 0 Å². The van der Waals surface area contributed by atoms with Gasteiger partial charge in [-0.3, -0.25) is 0 Å². The van der Waals surface area contributed by atoms with Crippen molar-refractivity contribution in [2.24, 2.45) is 0 Å². The molecule has 2 heterocycles. The molecule has 1 aliphatic heterocycles. The van der Waals surface area contributed by atoms with E-state index in [9.17, 15) is 18.3 Å². The normalized spacial score (nSPS) is 15.2. The number of nitrogens with one attached hydrogen (secondary N) is 1. The Morgan fingerprint density at radius 1 is 1.20 bits per heavy atom. The number of aliphatic hydroxyl groups excluding tert-OH is 1. The maximum absolute atomic E-state index is 13.1. The molecule has 106 valence electrons. The third-order valence-electron chi connectivity index (χ3n) is 3.51. The van der Waals surface area contributed by atoms with E-state index in [0.717, 1.165) is 37.2 Å². The van der Waals surface area contributed by atoms with E-state index in [1.807, 2.05) is 10.8 Å². The Bertz CT molecular complexity index is 631. The summed E-state index contributed by atoms with van der Waals surface area (Å²) in [7, 11) is 0. The first-order valence-electron chi connectivity index (χ1n) is 6.33. The maximum Gasteiger partial charge on any atom is 0.194 e. The number of anilines is 1. The topological polar surface area (TPSA) is 37.2 Å². The molecule has 0 radical (unpaired) electrons. The van der Waals surface area contributed by atoms with Crippen LogP contribution in [0.3, 0.4) is 0 Å². The molecule has 2 aromatic rings. The number of aliphatic hydroxyl groups is 1.